The van der Waals surface area contributed by atoms with E-state index in [2.05, 4.69) is 0 Å². The number of nitrogens with zero attached hydrogens (tertiary/aromatic N) is 2. The maximum atomic E-state index is 12.3. The second kappa shape index (κ2) is 6.38. The van der Waals surface area contributed by atoms with Crippen LogP contribution in [0.2, 0.25) is 0 Å². The van der Waals surface area contributed by atoms with Crippen LogP contribution >= 0.6 is 0 Å². The van der Waals surface area contributed by atoms with Gasteiger partial charge in [0.1, 0.15) is 5.56 Å². The van der Waals surface area contributed by atoms with Gasteiger partial charge in [0, 0.05) is 38.1 Å². The lowest BCUT2D eigenvalue weighted by Gasteiger charge is -2.21. The molecule has 1 rings (SSSR count). The minimum Gasteiger partial charge on any atom is -0.354 e. The summed E-state index contributed by atoms with van der Waals surface area (Å²) in [7, 11) is 1.84. The summed E-state index contributed by atoms with van der Waals surface area (Å²) in [6.45, 7) is 7.31. The number of carbonyl (C=O) groups is 1. The second-order valence-corrected chi connectivity index (χ2v) is 4.60. The van der Waals surface area contributed by atoms with Gasteiger partial charge in [-0.2, -0.15) is 0 Å². The summed E-state index contributed by atoms with van der Waals surface area (Å²) in [6, 6.07) is 1.52. The fourth-order valence-corrected chi connectivity index (χ4v) is 1.91. The number of pyridine rings is 1. The summed E-state index contributed by atoms with van der Waals surface area (Å²) in [5.74, 6) is -0.153. The van der Waals surface area contributed by atoms with Crippen LogP contribution in [0.15, 0.2) is 17.1 Å². The lowest BCUT2D eigenvalue weighted by atomic mass is 10.2. The van der Waals surface area contributed by atoms with Crippen LogP contribution in [-0.4, -0.2) is 28.5 Å². The highest BCUT2D eigenvalue weighted by molar-refractivity contribution is 5.93. The molecule has 0 aromatic carbocycles. The van der Waals surface area contributed by atoms with Gasteiger partial charge >= 0.3 is 0 Å². The Balaban J connectivity index is 3.08. The van der Waals surface area contributed by atoms with Gasteiger partial charge in [-0.25, -0.2) is 0 Å². The third-order valence-corrected chi connectivity index (χ3v) is 2.99. The molecule has 0 aliphatic heterocycles. The van der Waals surface area contributed by atoms with E-state index >= 15 is 0 Å². The molecule has 0 radical (unpaired) electrons. The first-order valence-electron chi connectivity index (χ1n) is 6.47. The highest BCUT2D eigenvalue weighted by Crippen LogP contribution is 2.04. The number of aryl methyl sites for hydroxylation is 2. The van der Waals surface area contributed by atoms with Crippen LogP contribution < -0.4 is 5.43 Å². The molecule has 0 saturated heterocycles. The molecule has 0 N–H and O–H groups in total. The monoisotopic (exact) mass is 250 g/mol. The molecule has 1 amide bonds. The quantitative estimate of drug-likeness (QED) is 0.801. The van der Waals surface area contributed by atoms with Crippen LogP contribution in [0, 0.1) is 6.92 Å². The fraction of sp³-hybridized carbons (Fsp3) is 0.571. The molecule has 1 aromatic heterocycles. The zero-order valence-corrected chi connectivity index (χ0v) is 11.7. The first-order valence-corrected chi connectivity index (χ1v) is 6.47. The molecule has 0 atom stereocenters. The molecule has 0 unspecified atom stereocenters. The minimum atomic E-state index is -0.187. The van der Waals surface area contributed by atoms with E-state index in [9.17, 15) is 9.59 Å². The maximum absolute atomic E-state index is 12.3. The average Bonchev–Trinajstić information content (AvgIpc) is 2.33. The van der Waals surface area contributed by atoms with E-state index in [1.54, 1.807) is 11.1 Å². The molecule has 1 heterocycles. The molecule has 0 fully saturated rings. The Bertz CT molecular complexity index is 471. The molecule has 0 aliphatic rings. The molecule has 4 nitrogen and oxygen atoms in total. The summed E-state index contributed by atoms with van der Waals surface area (Å²) in [5.41, 5.74) is 0.937. The van der Waals surface area contributed by atoms with Crippen LogP contribution in [0.4, 0.5) is 0 Å². The lowest BCUT2D eigenvalue weighted by Crippen LogP contribution is -2.35. The van der Waals surface area contributed by atoms with Crippen LogP contribution in [0.3, 0.4) is 0 Å². The molecule has 0 aliphatic carbocycles. The van der Waals surface area contributed by atoms with Crippen molar-refractivity contribution in [3.63, 3.8) is 0 Å². The van der Waals surface area contributed by atoms with Crippen LogP contribution in [0.5, 0.6) is 0 Å². The Kier molecular flexibility index (Phi) is 5.13. The van der Waals surface area contributed by atoms with E-state index in [4.69, 9.17) is 0 Å². The van der Waals surface area contributed by atoms with Gasteiger partial charge in [-0.1, -0.05) is 13.8 Å². The van der Waals surface area contributed by atoms with Crippen LogP contribution in [-0.2, 0) is 7.05 Å². The van der Waals surface area contributed by atoms with Crippen molar-refractivity contribution in [1.82, 2.24) is 9.47 Å². The Labute approximate surface area is 108 Å². The van der Waals surface area contributed by atoms with Crippen molar-refractivity contribution in [2.24, 2.45) is 7.05 Å². The third kappa shape index (κ3) is 3.22. The van der Waals surface area contributed by atoms with Gasteiger partial charge in [0.25, 0.3) is 5.91 Å². The van der Waals surface area contributed by atoms with Crippen molar-refractivity contribution in [2.45, 2.75) is 33.6 Å². The molecule has 4 heteroatoms. The number of carbonyl (C=O) groups excluding carboxylic acids is 1. The second-order valence-electron chi connectivity index (χ2n) is 4.60. The normalized spacial score (nSPS) is 10.4. The van der Waals surface area contributed by atoms with E-state index in [1.165, 1.54) is 6.07 Å². The molecular weight excluding hydrogens is 228 g/mol. The van der Waals surface area contributed by atoms with E-state index in [0.29, 0.717) is 13.1 Å². The summed E-state index contributed by atoms with van der Waals surface area (Å²) in [4.78, 5) is 26.0. The van der Waals surface area contributed by atoms with Gasteiger partial charge < -0.3 is 9.47 Å². The molecule has 100 valence electrons. The van der Waals surface area contributed by atoms with Crippen molar-refractivity contribution < 1.29 is 4.79 Å². The molecular formula is C14H22N2O2. The van der Waals surface area contributed by atoms with Crippen molar-refractivity contribution in [2.75, 3.05) is 13.1 Å². The Morgan fingerprint density at radius 3 is 2.33 bits per heavy atom. The number of hydrogen-bond acceptors (Lipinski definition) is 2. The summed E-state index contributed by atoms with van der Waals surface area (Å²) in [6.07, 6.45) is 3.44. The molecule has 0 saturated carbocycles. The predicted molar refractivity (Wildman–Crippen MR) is 72.9 cm³/mol. The highest BCUT2D eigenvalue weighted by Gasteiger charge is 2.17. The topological polar surface area (TPSA) is 42.3 Å². The van der Waals surface area contributed by atoms with Gasteiger partial charge in [-0.15, -0.1) is 0 Å². The first-order chi connectivity index (χ1) is 8.51. The summed E-state index contributed by atoms with van der Waals surface area (Å²) < 4.78 is 1.81. The minimum absolute atomic E-state index is 0.153. The standard InChI is InChI=1S/C14H22N2O2/c1-5-7-16(8-6-2)14(18)12-10-15(4)11(3)9-13(12)17/h9-10H,5-8H2,1-4H3. The number of aromatic nitrogens is 1. The van der Waals surface area contributed by atoms with E-state index in [-0.39, 0.29) is 16.9 Å². The highest BCUT2D eigenvalue weighted by atomic mass is 16.2. The van der Waals surface area contributed by atoms with Crippen molar-refractivity contribution >= 4 is 5.91 Å². The molecule has 0 bridgehead atoms. The van der Waals surface area contributed by atoms with Crippen LogP contribution in [0.1, 0.15) is 42.7 Å². The molecule has 1 aromatic rings. The Hall–Kier alpha value is -1.58. The Morgan fingerprint density at radius 1 is 1.28 bits per heavy atom. The fourth-order valence-electron chi connectivity index (χ4n) is 1.91. The maximum Gasteiger partial charge on any atom is 0.259 e. The van der Waals surface area contributed by atoms with Crippen LogP contribution in [0.25, 0.3) is 0 Å². The lowest BCUT2D eigenvalue weighted by molar-refractivity contribution is 0.0753. The number of rotatable bonds is 5. The smallest absolute Gasteiger partial charge is 0.259 e. The summed E-state index contributed by atoms with van der Waals surface area (Å²) in [5, 5.41) is 0. The molecule has 0 spiro atoms. The predicted octanol–water partition coefficient (Wildman–Crippen LogP) is 1.96. The number of amides is 1. The van der Waals surface area contributed by atoms with Crippen molar-refractivity contribution in [3.05, 3.63) is 33.7 Å². The third-order valence-electron chi connectivity index (χ3n) is 2.99. The van der Waals surface area contributed by atoms with Gasteiger partial charge in [0.15, 0.2) is 5.43 Å². The van der Waals surface area contributed by atoms with Crippen molar-refractivity contribution in [3.8, 4) is 0 Å². The first kappa shape index (κ1) is 14.5. The van der Waals surface area contributed by atoms with E-state index < -0.39 is 0 Å². The van der Waals surface area contributed by atoms with E-state index in [1.807, 2.05) is 32.4 Å². The van der Waals surface area contributed by atoms with Gasteiger partial charge in [-0.05, 0) is 19.8 Å². The SMILES string of the molecule is CCCN(CCC)C(=O)c1cn(C)c(C)cc1=O. The zero-order valence-electron chi connectivity index (χ0n) is 11.7. The molecule has 18 heavy (non-hydrogen) atoms. The largest absolute Gasteiger partial charge is 0.354 e. The zero-order chi connectivity index (χ0) is 13.7. The van der Waals surface area contributed by atoms with Gasteiger partial charge in [0.05, 0.1) is 0 Å². The average molecular weight is 250 g/mol. The van der Waals surface area contributed by atoms with Gasteiger partial charge in [-0.3, -0.25) is 9.59 Å². The van der Waals surface area contributed by atoms with E-state index in [0.717, 1.165) is 18.5 Å². The Morgan fingerprint density at radius 2 is 1.83 bits per heavy atom. The van der Waals surface area contributed by atoms with Gasteiger partial charge in [0.2, 0.25) is 0 Å². The summed E-state index contributed by atoms with van der Waals surface area (Å²) >= 11 is 0. The number of hydrogen-bond donors (Lipinski definition) is 0. The van der Waals surface area contributed by atoms with Crippen molar-refractivity contribution in [1.29, 1.82) is 0 Å².